The van der Waals surface area contributed by atoms with Crippen molar-refractivity contribution in [2.75, 3.05) is 6.54 Å². The van der Waals surface area contributed by atoms with Crippen LogP contribution in [-0.2, 0) is 87.9 Å². The molecule has 0 aliphatic rings. The van der Waals surface area contributed by atoms with Crippen molar-refractivity contribution in [1.29, 1.82) is 0 Å². The van der Waals surface area contributed by atoms with Gasteiger partial charge in [-0.05, 0) is 47.7 Å². The van der Waals surface area contributed by atoms with Crippen molar-refractivity contribution in [3.63, 3.8) is 0 Å². The van der Waals surface area contributed by atoms with E-state index >= 15 is 0 Å². The molecule has 0 spiro atoms. The molecule has 0 fully saturated rings. The zero-order valence-electron chi connectivity index (χ0n) is 46.3. The molecule has 1 aromatic heterocycles. The maximum Gasteiger partial charge on any atom is 1.00 e. The Morgan fingerprint density at radius 1 is 0.607 bits per heavy atom. The predicted molar refractivity (Wildman–Crippen MR) is 286 cm³/mol. The van der Waals surface area contributed by atoms with Crippen LogP contribution in [0.5, 0.6) is 5.75 Å². The van der Waals surface area contributed by atoms with Crippen LogP contribution in [0.4, 0.5) is 0 Å². The van der Waals surface area contributed by atoms with Crippen molar-refractivity contribution in [3.05, 3.63) is 102 Å². The summed E-state index contributed by atoms with van der Waals surface area (Å²) in [4.78, 5) is 137. The van der Waals surface area contributed by atoms with E-state index < -0.39 is 160 Å². The number of fused-ring (bicyclic) bond motifs is 1. The predicted octanol–water partition coefficient (Wildman–Crippen LogP) is -8.69. The molecule has 7 atom stereocenters. The van der Waals surface area contributed by atoms with Crippen LogP contribution < -0.4 is 116 Å². The Hall–Kier alpha value is -6.36. The summed E-state index contributed by atoms with van der Waals surface area (Å²) in [5.74, 6) is -13.1. The van der Waals surface area contributed by atoms with Crippen LogP contribution in [-0.4, -0.2) is 144 Å². The van der Waals surface area contributed by atoms with Gasteiger partial charge in [0.2, 0.25) is 47.3 Å². The molecule has 33 heteroatoms. The second-order valence-corrected chi connectivity index (χ2v) is 20.9. The van der Waals surface area contributed by atoms with Crippen LogP contribution in [0, 0.1) is 0 Å². The number of benzene rings is 3. The average Bonchev–Trinajstić information content (AvgIpc) is 3.98. The van der Waals surface area contributed by atoms with Gasteiger partial charge in [0.05, 0.1) is 19.0 Å². The third kappa shape index (κ3) is 26.3. The van der Waals surface area contributed by atoms with E-state index in [1.807, 2.05) is 12.2 Å². The van der Waals surface area contributed by atoms with E-state index in [1.165, 1.54) is 16.9 Å². The van der Waals surface area contributed by atoms with Gasteiger partial charge in [0.25, 0.3) is 10.4 Å². The van der Waals surface area contributed by atoms with Crippen molar-refractivity contribution in [1.82, 2.24) is 46.9 Å². The summed E-state index contributed by atoms with van der Waals surface area (Å²) in [6.45, 7) is 3.12. The first kappa shape index (κ1) is 73.7. The minimum atomic E-state index is -5.26. The summed E-state index contributed by atoms with van der Waals surface area (Å²) < 4.78 is 71.7. The van der Waals surface area contributed by atoms with Crippen LogP contribution in [0.2, 0.25) is 0 Å². The number of carboxylic acids is 2. The number of aromatic amines is 1. The van der Waals surface area contributed by atoms with Gasteiger partial charge in [-0.2, -0.15) is 13.1 Å². The van der Waals surface area contributed by atoms with Crippen molar-refractivity contribution in [2.45, 2.75) is 127 Å². The fraction of sp³-hybridized carbons (Fsp3) is 0.412. The van der Waals surface area contributed by atoms with Gasteiger partial charge in [0.1, 0.15) is 42.0 Å². The number of hydrogen-bond acceptors (Lipinski definition) is 18. The molecule has 8 amide bonds. The molecule has 0 aliphatic carbocycles. The Morgan fingerprint density at radius 2 is 1.11 bits per heavy atom. The number of aliphatic carboxylic acids is 2. The van der Waals surface area contributed by atoms with Crippen LogP contribution >= 0.6 is 0 Å². The Labute approximate surface area is 527 Å². The molecule has 84 heavy (non-hydrogen) atoms. The maximum absolute atomic E-state index is 14.3. The molecular formula is C51H64N10Na2O19S2. The number of rotatable bonds is 34. The number of carboxylic acid groups (broad SMARTS) is 2. The van der Waals surface area contributed by atoms with E-state index in [0.29, 0.717) is 41.3 Å². The summed E-state index contributed by atoms with van der Waals surface area (Å²) in [5, 5.41) is 38.5. The first-order valence-corrected chi connectivity index (χ1v) is 28.3. The standard InChI is InChI=1S/C51H66N10O19S2.2Na/c1-3-5-15-34(52)45(67)54-28-42(62)55-39(24-31-27-53-35-17-11-10-14-33(31)35)47(69)56-36(16-6-4-2)46(68)59-40(25-43(63)64)48(70)57-37(22-29-12-8-7-9-13-29)49(71)60-50(72)38(23-30-18-20-32(21-19-30)80-82(77,78)79)58-51(73)41(26-44(65)66)61-81(74,75)76;;/h7-14,17-21,27,34,36-41,53,61H,3-6,15-16,22-26,28,52H2,1-2H3,(H,54,67)(H,55,62)(H,56,69)(H,57,70)(H,58,73)(H,59,68)(H,63,64)(H,65,66)(H,60,71,72)(H,74,75,76)(H,77,78,79);;/q;2*+1/p-2/t34-,36-,37-,38-,39-,40-,41-;;/m0../s1. The third-order valence-electron chi connectivity index (χ3n) is 12.2. The minimum absolute atomic E-state index is 0. The Balaban J connectivity index is 0.0000120. The second-order valence-electron chi connectivity index (χ2n) is 18.7. The number of nitrogens with two attached hydrogens (primary N) is 1. The number of unbranched alkanes of at least 4 members (excludes halogenated alkanes) is 2. The topological polar surface area (TPSA) is 473 Å². The Kier molecular flexibility index (Phi) is 31.4. The molecule has 29 nitrogen and oxygen atoms in total. The summed E-state index contributed by atoms with van der Waals surface area (Å²) in [5.41, 5.74) is 7.62. The molecule has 0 saturated heterocycles. The summed E-state index contributed by atoms with van der Waals surface area (Å²) in [6, 6.07) is 7.05. The van der Waals surface area contributed by atoms with Gasteiger partial charge in [-0.3, -0.25) is 53.0 Å². The molecule has 1 heterocycles. The number of aromatic nitrogens is 1. The number of carbonyl (C=O) groups is 10. The molecule has 0 bridgehead atoms. The van der Waals surface area contributed by atoms with Gasteiger partial charge in [-0.1, -0.05) is 100 Å². The van der Waals surface area contributed by atoms with E-state index in [2.05, 4.69) is 41.1 Å². The van der Waals surface area contributed by atoms with Gasteiger partial charge >= 0.3 is 75.4 Å². The third-order valence-corrected chi connectivity index (χ3v) is 13.2. The van der Waals surface area contributed by atoms with Gasteiger partial charge in [0.15, 0.2) is 0 Å². The Morgan fingerprint density at radius 3 is 1.67 bits per heavy atom. The summed E-state index contributed by atoms with van der Waals surface area (Å²) >= 11 is 0. The normalized spacial score (nSPS) is 13.7. The largest absolute Gasteiger partial charge is 1.00 e. The SMILES string of the molecule is CCCC[C@H](NC(=O)[C@H](Cc1c[nH]c2ccccc12)NC(=O)CNC(=O)[C@@H](N)CCCC)C(=O)N[C@@H](CC(=O)[O-])C(=O)N[C@@H](Cc1ccccc1)C(=O)NC(=O)[C@H](Cc1ccc(OS(=O)(=O)[O-])cc1)NC(=O)[C@H](CC(=O)O)NS(=O)(=O)O.[Na+].[Na+]. The monoisotopic (exact) mass is 1230 g/mol. The van der Waals surface area contributed by atoms with Crippen LogP contribution in [0.25, 0.3) is 10.9 Å². The van der Waals surface area contributed by atoms with Crippen molar-refractivity contribution >= 4 is 90.8 Å². The first-order valence-electron chi connectivity index (χ1n) is 25.5. The average molecular weight is 1230 g/mol. The molecule has 3 aromatic carbocycles. The van der Waals surface area contributed by atoms with E-state index in [0.717, 1.165) is 30.7 Å². The molecule has 4 rings (SSSR count). The molecular weight excluding hydrogens is 1170 g/mol. The molecule has 4 aromatic rings. The van der Waals surface area contributed by atoms with Gasteiger partial charge < -0.3 is 66.4 Å². The number of carbonyl (C=O) groups excluding carboxylic acids is 9. The summed E-state index contributed by atoms with van der Waals surface area (Å²) in [7, 11) is -10.5. The zero-order valence-corrected chi connectivity index (χ0v) is 52.0. The van der Waals surface area contributed by atoms with Gasteiger partial charge in [-0.15, -0.1) is 0 Å². The number of amides is 8. The van der Waals surface area contributed by atoms with E-state index in [9.17, 15) is 84.1 Å². The minimum Gasteiger partial charge on any atom is -0.716 e. The van der Waals surface area contributed by atoms with Gasteiger partial charge in [-0.25, -0.2) is 8.42 Å². The molecule has 0 saturated carbocycles. The zero-order chi connectivity index (χ0) is 60.7. The molecule has 0 radical (unpaired) electrons. The molecule has 0 aliphatic heterocycles. The molecule has 446 valence electrons. The number of imide groups is 1. The number of H-pyrrole nitrogens is 1. The van der Waals surface area contributed by atoms with Crippen molar-refractivity contribution in [2.24, 2.45) is 5.73 Å². The van der Waals surface area contributed by atoms with Crippen LogP contribution in [0.3, 0.4) is 0 Å². The van der Waals surface area contributed by atoms with Crippen molar-refractivity contribution in [3.8, 4) is 5.75 Å². The second kappa shape index (κ2) is 35.8. The van der Waals surface area contributed by atoms with E-state index in [1.54, 1.807) is 55.6 Å². The number of para-hydroxylation sites is 1. The molecule has 13 N–H and O–H groups in total. The smallest absolute Gasteiger partial charge is 0.716 e. The summed E-state index contributed by atoms with van der Waals surface area (Å²) in [6.07, 6.45) is 0.375. The number of nitrogens with one attached hydrogen (secondary N) is 9. The van der Waals surface area contributed by atoms with Crippen LogP contribution in [0.15, 0.2) is 85.1 Å². The van der Waals surface area contributed by atoms with E-state index in [4.69, 9.17) is 5.73 Å². The fourth-order valence-electron chi connectivity index (χ4n) is 8.11. The fourth-order valence-corrected chi connectivity index (χ4v) is 9.01. The number of hydrogen-bond donors (Lipinski definition) is 12. The van der Waals surface area contributed by atoms with Crippen LogP contribution in [0.1, 0.15) is 81.9 Å². The first-order chi connectivity index (χ1) is 38.6. The van der Waals surface area contributed by atoms with E-state index in [-0.39, 0.29) is 83.9 Å². The van der Waals surface area contributed by atoms with Gasteiger partial charge in [0, 0.05) is 48.8 Å². The maximum atomic E-state index is 14.3. The quantitative estimate of drug-likeness (QED) is 0.0117. The Bertz CT molecular complexity index is 3160. The molecule has 0 unspecified atom stereocenters. The van der Waals surface area contributed by atoms with Crippen molar-refractivity contribution < 1.29 is 147 Å².